The van der Waals surface area contributed by atoms with E-state index in [9.17, 15) is 4.79 Å². The van der Waals surface area contributed by atoms with E-state index in [4.69, 9.17) is 9.15 Å². The number of aromatic nitrogens is 2. The van der Waals surface area contributed by atoms with Gasteiger partial charge in [-0.15, -0.1) is 11.3 Å². The summed E-state index contributed by atoms with van der Waals surface area (Å²) in [7, 11) is 1.70. The van der Waals surface area contributed by atoms with Gasteiger partial charge in [-0.05, 0) is 31.0 Å². The van der Waals surface area contributed by atoms with Gasteiger partial charge in [-0.2, -0.15) is 0 Å². The summed E-state index contributed by atoms with van der Waals surface area (Å²) in [5, 5.41) is 5.37. The van der Waals surface area contributed by atoms with Crippen LogP contribution in [0.15, 0.2) is 64.4 Å². The van der Waals surface area contributed by atoms with E-state index in [-0.39, 0.29) is 12.3 Å². The highest BCUT2D eigenvalue weighted by molar-refractivity contribution is 7.14. The summed E-state index contributed by atoms with van der Waals surface area (Å²) in [6.45, 7) is 2.52. The van der Waals surface area contributed by atoms with Crippen molar-refractivity contribution in [3.8, 4) is 22.7 Å². The van der Waals surface area contributed by atoms with Gasteiger partial charge in [0.2, 0.25) is 11.8 Å². The molecule has 0 bridgehead atoms. The van der Waals surface area contributed by atoms with E-state index in [1.165, 1.54) is 16.9 Å². The van der Waals surface area contributed by atoms with Crippen molar-refractivity contribution in [2.24, 2.45) is 0 Å². The zero-order valence-corrected chi connectivity index (χ0v) is 18.2. The van der Waals surface area contributed by atoms with Crippen molar-refractivity contribution in [1.82, 2.24) is 9.97 Å². The van der Waals surface area contributed by atoms with E-state index >= 15 is 0 Å². The lowest BCUT2D eigenvalue weighted by molar-refractivity contribution is -0.115. The lowest BCUT2D eigenvalue weighted by atomic mass is 10.1. The number of carbonyl (C=O) groups is 1. The molecule has 0 fully saturated rings. The Hall–Kier alpha value is -3.29. The number of nitrogens with zero attached hydrogens (tertiary/aromatic N) is 2. The van der Waals surface area contributed by atoms with Crippen LogP contribution in [0.25, 0.3) is 22.7 Å². The number of hydrogen-bond donors (Lipinski definition) is 1. The number of hydrogen-bond acceptors (Lipinski definition) is 6. The van der Waals surface area contributed by atoms with Gasteiger partial charge in [0.1, 0.15) is 5.76 Å². The Morgan fingerprint density at radius 3 is 2.58 bits per heavy atom. The first-order valence-electron chi connectivity index (χ1n) is 9.97. The number of thiazole rings is 1. The molecule has 0 aliphatic heterocycles. The molecule has 0 aliphatic rings. The molecule has 31 heavy (non-hydrogen) atoms. The molecule has 4 aromatic rings. The molecule has 7 heteroatoms. The van der Waals surface area contributed by atoms with Gasteiger partial charge >= 0.3 is 0 Å². The minimum atomic E-state index is -0.174. The number of oxazole rings is 1. The van der Waals surface area contributed by atoms with E-state index in [0.717, 1.165) is 23.2 Å². The third-order valence-electron chi connectivity index (χ3n) is 4.84. The molecule has 0 unspecified atom stereocenters. The van der Waals surface area contributed by atoms with E-state index < -0.39 is 0 Å². The van der Waals surface area contributed by atoms with Crippen LogP contribution in [0.5, 0.6) is 0 Å². The summed E-state index contributed by atoms with van der Waals surface area (Å²) in [5.74, 6) is 0.987. The lowest BCUT2D eigenvalue weighted by Crippen LogP contribution is -2.15. The van der Waals surface area contributed by atoms with Crippen LogP contribution in [-0.2, 0) is 22.4 Å². The average Bonchev–Trinajstić information content (AvgIpc) is 3.40. The van der Waals surface area contributed by atoms with Crippen LogP contribution < -0.4 is 5.32 Å². The zero-order chi connectivity index (χ0) is 21.6. The van der Waals surface area contributed by atoms with Crippen LogP contribution in [0.4, 0.5) is 5.13 Å². The Labute approximate surface area is 184 Å². The lowest BCUT2D eigenvalue weighted by Gasteiger charge is -2.02. The van der Waals surface area contributed by atoms with Crippen LogP contribution in [0, 0.1) is 6.92 Å². The summed E-state index contributed by atoms with van der Waals surface area (Å²) >= 11 is 1.40. The summed E-state index contributed by atoms with van der Waals surface area (Å²) in [6, 6.07) is 17.9. The molecule has 1 amide bonds. The monoisotopic (exact) mass is 433 g/mol. The molecule has 2 aromatic heterocycles. The number of ether oxygens (including phenoxy) is 1. The summed E-state index contributed by atoms with van der Waals surface area (Å²) in [6.07, 6.45) is 1.01. The van der Waals surface area contributed by atoms with Crippen molar-refractivity contribution in [3.63, 3.8) is 0 Å². The van der Waals surface area contributed by atoms with E-state index in [0.29, 0.717) is 29.1 Å². The molecule has 6 nitrogen and oxygen atoms in total. The molecule has 4 rings (SSSR count). The predicted molar refractivity (Wildman–Crippen MR) is 122 cm³/mol. The second-order valence-corrected chi connectivity index (χ2v) is 7.95. The molecule has 0 aliphatic carbocycles. The summed E-state index contributed by atoms with van der Waals surface area (Å²) in [4.78, 5) is 21.6. The topological polar surface area (TPSA) is 77.2 Å². The fourth-order valence-corrected chi connectivity index (χ4v) is 3.87. The Morgan fingerprint density at radius 1 is 1.06 bits per heavy atom. The maximum Gasteiger partial charge on any atom is 0.232 e. The standard InChI is InChI=1S/C24H23N3O3S/c1-16-20(25-23(30-16)19-6-4-3-5-7-19)14-22(28)27-24-26-21(15-31-24)18-10-8-17(9-11-18)12-13-29-2/h3-11,15H,12-14H2,1-2H3,(H,26,27,28). The van der Waals surface area contributed by atoms with Gasteiger partial charge in [0.15, 0.2) is 5.13 Å². The molecule has 0 atom stereocenters. The second-order valence-electron chi connectivity index (χ2n) is 7.09. The Balaban J connectivity index is 1.39. The number of anilines is 1. The van der Waals surface area contributed by atoms with Gasteiger partial charge < -0.3 is 14.5 Å². The van der Waals surface area contributed by atoms with E-state index in [1.54, 1.807) is 7.11 Å². The maximum absolute atomic E-state index is 12.5. The van der Waals surface area contributed by atoms with Crippen LogP contribution in [0.1, 0.15) is 17.0 Å². The molecule has 158 valence electrons. The number of amides is 1. The minimum Gasteiger partial charge on any atom is -0.441 e. The number of carbonyl (C=O) groups excluding carboxylic acids is 1. The van der Waals surface area contributed by atoms with Crippen molar-refractivity contribution in [2.45, 2.75) is 19.8 Å². The molecular weight excluding hydrogens is 410 g/mol. The number of nitrogens with one attached hydrogen (secondary N) is 1. The highest BCUT2D eigenvalue weighted by atomic mass is 32.1. The van der Waals surface area contributed by atoms with Crippen LogP contribution in [0.3, 0.4) is 0 Å². The quantitative estimate of drug-likeness (QED) is 0.416. The van der Waals surface area contributed by atoms with Gasteiger partial charge in [-0.3, -0.25) is 4.79 Å². The normalized spacial score (nSPS) is 10.9. The van der Waals surface area contributed by atoms with Crippen molar-refractivity contribution in [1.29, 1.82) is 0 Å². The van der Waals surface area contributed by atoms with Crippen molar-refractivity contribution in [3.05, 3.63) is 77.0 Å². The first-order valence-corrected chi connectivity index (χ1v) is 10.9. The number of methoxy groups -OCH3 is 1. The molecule has 0 saturated carbocycles. The largest absolute Gasteiger partial charge is 0.441 e. The second kappa shape index (κ2) is 9.68. The molecule has 0 radical (unpaired) electrons. The Bertz CT molecular complexity index is 1150. The highest BCUT2D eigenvalue weighted by Gasteiger charge is 2.16. The third kappa shape index (κ3) is 5.25. The fraction of sp³-hybridized carbons (Fsp3) is 0.208. The first-order chi connectivity index (χ1) is 15.1. The van der Waals surface area contributed by atoms with E-state index in [2.05, 4.69) is 27.4 Å². The van der Waals surface area contributed by atoms with E-state index in [1.807, 2.05) is 54.8 Å². The summed E-state index contributed by atoms with van der Waals surface area (Å²) < 4.78 is 10.8. The first kappa shape index (κ1) is 21.0. The van der Waals surface area contributed by atoms with Crippen molar-refractivity contribution >= 4 is 22.4 Å². The van der Waals surface area contributed by atoms with Gasteiger partial charge in [0, 0.05) is 23.6 Å². The highest BCUT2D eigenvalue weighted by Crippen LogP contribution is 2.26. The van der Waals surface area contributed by atoms with Crippen LogP contribution in [0.2, 0.25) is 0 Å². The molecule has 2 heterocycles. The smallest absolute Gasteiger partial charge is 0.232 e. The molecule has 0 saturated heterocycles. The van der Waals surface area contributed by atoms with Gasteiger partial charge in [-0.1, -0.05) is 42.5 Å². The molecule has 0 spiro atoms. The number of aryl methyl sites for hydroxylation is 1. The third-order valence-corrected chi connectivity index (χ3v) is 5.59. The van der Waals surface area contributed by atoms with Gasteiger partial charge in [0.05, 0.1) is 24.4 Å². The average molecular weight is 434 g/mol. The van der Waals surface area contributed by atoms with Crippen molar-refractivity contribution < 1.29 is 13.9 Å². The van der Waals surface area contributed by atoms with Crippen LogP contribution >= 0.6 is 11.3 Å². The van der Waals surface area contributed by atoms with Gasteiger partial charge in [-0.25, -0.2) is 9.97 Å². The maximum atomic E-state index is 12.5. The van der Waals surface area contributed by atoms with Crippen LogP contribution in [-0.4, -0.2) is 29.6 Å². The Morgan fingerprint density at radius 2 is 1.84 bits per heavy atom. The van der Waals surface area contributed by atoms with Gasteiger partial charge in [0.25, 0.3) is 0 Å². The molecule has 1 N–H and O–H groups in total. The summed E-state index contributed by atoms with van der Waals surface area (Å²) in [5.41, 5.74) is 4.57. The minimum absolute atomic E-state index is 0.130. The molecule has 2 aromatic carbocycles. The zero-order valence-electron chi connectivity index (χ0n) is 17.4. The number of rotatable bonds is 8. The van der Waals surface area contributed by atoms with Crippen molar-refractivity contribution in [2.75, 3.05) is 19.0 Å². The predicted octanol–water partition coefficient (Wildman–Crippen LogP) is 5.14. The number of benzene rings is 2. The Kier molecular flexibility index (Phi) is 6.54. The molecular formula is C24H23N3O3S. The fourth-order valence-electron chi connectivity index (χ4n) is 3.14. The SMILES string of the molecule is COCCc1ccc(-c2csc(NC(=O)Cc3nc(-c4ccccc4)oc3C)n2)cc1.